The Balaban J connectivity index is 0. The van der Waals surface area contributed by atoms with Gasteiger partial charge in [0.15, 0.2) is 5.69 Å². The number of aliphatic hydroxyl groups excluding tert-OH is 1. The molecule has 0 spiro atoms. The minimum absolute atomic E-state index is 0. The van der Waals surface area contributed by atoms with Gasteiger partial charge in [0.2, 0.25) is 0 Å². The van der Waals surface area contributed by atoms with Crippen molar-refractivity contribution in [2.24, 2.45) is 0 Å². The second-order valence-corrected chi connectivity index (χ2v) is 2.70. The molecule has 10 nitrogen and oxygen atoms in total. The van der Waals surface area contributed by atoms with Gasteiger partial charge in [-0.05, 0) is 6.92 Å². The molecule has 0 aliphatic heterocycles. The summed E-state index contributed by atoms with van der Waals surface area (Å²) in [7, 11) is 0. The molecular formula is C8H10LaN6O4-2. The van der Waals surface area contributed by atoms with Crippen LogP contribution in [-0.4, -0.2) is 53.5 Å². The molecule has 0 amide bonds. The number of nitrogens with zero attached hydrogens (tertiary/aromatic N) is 4. The number of hydrogen-bond acceptors (Lipinski definition) is 6. The van der Waals surface area contributed by atoms with Crippen LogP contribution < -0.4 is 0 Å². The zero-order valence-electron chi connectivity index (χ0n) is 10.1. The predicted molar refractivity (Wildman–Crippen MR) is 56.4 cm³/mol. The quantitative estimate of drug-likeness (QED) is 0.465. The van der Waals surface area contributed by atoms with Gasteiger partial charge >= 0.3 is 5.97 Å². The number of aromatic nitrogens is 6. The van der Waals surface area contributed by atoms with Gasteiger partial charge in [0.25, 0.3) is 0 Å². The van der Waals surface area contributed by atoms with Gasteiger partial charge in [-0.25, -0.2) is 4.79 Å². The van der Waals surface area contributed by atoms with E-state index in [2.05, 4.69) is 37.0 Å². The predicted octanol–water partition coefficient (Wildman–Crippen LogP) is -0.664. The number of H-pyrrole nitrogens is 2. The van der Waals surface area contributed by atoms with Crippen molar-refractivity contribution in [2.45, 2.75) is 13.8 Å². The van der Waals surface area contributed by atoms with Crippen molar-refractivity contribution in [3.05, 3.63) is 23.3 Å². The van der Waals surface area contributed by atoms with E-state index in [4.69, 9.17) is 15.0 Å². The second-order valence-electron chi connectivity index (χ2n) is 2.70. The number of hydrogen-bond donors (Lipinski definition) is 4. The fourth-order valence-corrected chi connectivity index (χ4v) is 0.711. The molecule has 101 valence electrons. The van der Waals surface area contributed by atoms with E-state index in [1.165, 1.54) is 0 Å². The molecule has 1 radical (unpaired) electrons. The Kier molecular flexibility index (Phi) is 12.0. The van der Waals surface area contributed by atoms with Crippen LogP contribution in [-0.2, 0) is 4.79 Å². The first-order valence-corrected chi connectivity index (χ1v) is 4.40. The molecule has 0 bridgehead atoms. The van der Waals surface area contributed by atoms with Crippen LogP contribution in [0, 0.1) is 55.6 Å². The summed E-state index contributed by atoms with van der Waals surface area (Å²) in [6.45, 7) is 3.92. The first-order chi connectivity index (χ1) is 8.52. The summed E-state index contributed by atoms with van der Waals surface area (Å²) in [5.41, 5.74) is 1.26. The molecule has 0 saturated heterocycles. The van der Waals surface area contributed by atoms with Crippen molar-refractivity contribution in [2.75, 3.05) is 0 Å². The van der Waals surface area contributed by atoms with E-state index in [-0.39, 0.29) is 41.3 Å². The maximum absolute atomic E-state index is 10.2. The van der Waals surface area contributed by atoms with Crippen LogP contribution in [0.2, 0.25) is 0 Å². The molecule has 0 unspecified atom stereocenters. The Labute approximate surface area is 135 Å². The summed E-state index contributed by atoms with van der Waals surface area (Å²) in [6.07, 6.45) is 2.58. The Morgan fingerprint density at radius 2 is 1.95 bits per heavy atom. The van der Waals surface area contributed by atoms with Gasteiger partial charge in [-0.2, -0.15) is 10.3 Å². The second kappa shape index (κ2) is 11.5. The molecule has 4 N–H and O–H groups in total. The minimum Gasteiger partial charge on any atom is -0.665 e. The van der Waals surface area contributed by atoms with Crippen LogP contribution in [0.5, 0.6) is 0 Å². The molecule has 0 aliphatic carbocycles. The van der Waals surface area contributed by atoms with Gasteiger partial charge in [-0.1, -0.05) is 13.4 Å². The molecule has 2 heterocycles. The first kappa shape index (κ1) is 19.7. The zero-order chi connectivity index (χ0) is 14.0. The van der Waals surface area contributed by atoms with Gasteiger partial charge in [0.05, 0.1) is 5.69 Å². The van der Waals surface area contributed by atoms with Crippen molar-refractivity contribution in [3.8, 4) is 0 Å². The molecule has 2 aromatic rings. The summed E-state index contributed by atoms with van der Waals surface area (Å²) in [6, 6.07) is 0. The fraction of sp³-hybridized carbons (Fsp3) is 0.250. The molecule has 0 saturated carbocycles. The number of carboxylic acid groups (broad SMARTS) is 1. The minimum atomic E-state index is -1.05. The van der Waals surface area contributed by atoms with E-state index in [1.807, 2.05) is 6.92 Å². The third kappa shape index (κ3) is 9.05. The van der Waals surface area contributed by atoms with Crippen LogP contribution in [0.1, 0.15) is 21.9 Å². The summed E-state index contributed by atoms with van der Waals surface area (Å²) in [5.74, 6) is -1.05. The van der Waals surface area contributed by atoms with Crippen molar-refractivity contribution < 1.29 is 55.4 Å². The van der Waals surface area contributed by atoms with Gasteiger partial charge in [0, 0.05) is 35.6 Å². The molecular weight excluding hydrogens is 383 g/mol. The van der Waals surface area contributed by atoms with Gasteiger partial charge < -0.3 is 31.4 Å². The van der Waals surface area contributed by atoms with E-state index in [9.17, 15) is 4.79 Å². The van der Waals surface area contributed by atoms with Crippen LogP contribution in [0.25, 0.3) is 0 Å². The maximum Gasteiger partial charge on any atom is 0.358 e. The zero-order valence-corrected chi connectivity index (χ0v) is 13.7. The third-order valence-electron chi connectivity index (χ3n) is 1.41. The van der Waals surface area contributed by atoms with Crippen molar-refractivity contribution >= 4 is 12.4 Å². The average Bonchev–Trinajstić information content (AvgIpc) is 2.91. The number of carboxylic acids is 1. The van der Waals surface area contributed by atoms with Crippen LogP contribution >= 0.6 is 0 Å². The van der Waals surface area contributed by atoms with E-state index >= 15 is 0 Å². The SMILES string of the molecule is Cc1[c-]nn[nH]1.Cc1n[nH]nc1C(=O)O.O=[C-]O.[La]. The number of rotatable bonds is 1. The first-order valence-electron chi connectivity index (χ1n) is 4.40. The maximum atomic E-state index is 10.2. The molecule has 2 rings (SSSR count). The fourth-order valence-electron chi connectivity index (χ4n) is 0.711. The Bertz CT molecular complexity index is 471. The number of nitrogens with one attached hydrogen (secondary N) is 2. The van der Waals surface area contributed by atoms with Gasteiger partial charge in [-0.3, -0.25) is 0 Å². The number of aromatic carboxylic acids is 1. The summed E-state index contributed by atoms with van der Waals surface area (Å²) in [4.78, 5) is 18.4. The third-order valence-corrected chi connectivity index (χ3v) is 1.41. The number of aryl methyl sites for hydroxylation is 2. The standard InChI is InChI=1S/C4H5N3O2.C3H4N3.CHO2.La/c1-2-3(4(8)9)6-7-5-2;1-3-2-4-6-5-3;2-1-3;/h1H3,(H,8,9)(H,5,6,7);1H3,(H,4,5,6);(H,2,3);/q;2*-1;. The Morgan fingerprint density at radius 3 is 2.11 bits per heavy atom. The molecule has 11 heteroatoms. The largest absolute Gasteiger partial charge is 0.665 e. The van der Waals surface area contributed by atoms with Crippen molar-refractivity contribution in [1.82, 2.24) is 30.8 Å². The molecule has 2 aromatic heterocycles. The van der Waals surface area contributed by atoms with E-state index in [0.29, 0.717) is 12.2 Å². The number of carbonyl (C=O) groups is 1. The van der Waals surface area contributed by atoms with Crippen LogP contribution in [0.15, 0.2) is 0 Å². The van der Waals surface area contributed by atoms with E-state index in [0.717, 1.165) is 5.69 Å². The van der Waals surface area contributed by atoms with Gasteiger partial charge in [-0.15, -0.1) is 16.0 Å². The van der Waals surface area contributed by atoms with Crippen molar-refractivity contribution in [3.63, 3.8) is 0 Å². The molecule has 0 atom stereocenters. The van der Waals surface area contributed by atoms with Crippen molar-refractivity contribution in [1.29, 1.82) is 0 Å². The van der Waals surface area contributed by atoms with E-state index in [1.54, 1.807) is 6.92 Å². The molecule has 0 aromatic carbocycles. The summed E-state index contributed by atoms with van der Waals surface area (Å²) >= 11 is 0. The monoisotopic (exact) mass is 393 g/mol. The van der Waals surface area contributed by atoms with Crippen LogP contribution in [0.3, 0.4) is 0 Å². The normalized spacial score (nSPS) is 7.89. The summed E-state index contributed by atoms with van der Waals surface area (Å²) < 4.78 is 0. The Morgan fingerprint density at radius 1 is 1.37 bits per heavy atom. The Hall–Kier alpha value is -1.59. The molecule has 0 aliphatic rings. The molecule has 19 heavy (non-hydrogen) atoms. The number of aromatic amines is 2. The molecule has 0 fully saturated rings. The van der Waals surface area contributed by atoms with Crippen LogP contribution in [0.4, 0.5) is 0 Å². The average molecular weight is 393 g/mol. The summed E-state index contributed by atoms with van der Waals surface area (Å²) in [5, 5.41) is 33.6. The topological polar surface area (TPSA) is 158 Å². The smallest absolute Gasteiger partial charge is 0.358 e. The van der Waals surface area contributed by atoms with E-state index < -0.39 is 5.97 Å². The van der Waals surface area contributed by atoms with Gasteiger partial charge in [0.1, 0.15) is 0 Å².